The van der Waals surface area contributed by atoms with Crippen molar-refractivity contribution in [2.45, 2.75) is 47.1 Å². The van der Waals surface area contributed by atoms with Gasteiger partial charge in [-0.15, -0.1) is 0 Å². The van der Waals surface area contributed by atoms with Crippen molar-refractivity contribution in [3.8, 4) is 0 Å². The van der Waals surface area contributed by atoms with Crippen molar-refractivity contribution in [2.24, 2.45) is 17.3 Å². The molecule has 0 aromatic carbocycles. The predicted octanol–water partition coefficient (Wildman–Crippen LogP) is 4.61. The van der Waals surface area contributed by atoms with E-state index in [4.69, 9.17) is 4.74 Å². The largest absolute Gasteiger partial charge is 0.504 e. The van der Waals surface area contributed by atoms with Crippen LogP contribution in [-0.4, -0.2) is 23.0 Å². The fourth-order valence-electron chi connectivity index (χ4n) is 3.27. The molecule has 0 radical (unpaired) electrons. The Kier molecular flexibility index (Phi) is 6.06. The highest BCUT2D eigenvalue weighted by Gasteiger charge is 2.43. The lowest BCUT2D eigenvalue weighted by Crippen LogP contribution is -2.40. The second kappa shape index (κ2) is 7.90. The van der Waals surface area contributed by atoms with E-state index in [1.165, 1.54) is 12.2 Å². The van der Waals surface area contributed by atoms with Crippen molar-refractivity contribution >= 4 is 11.8 Å². The maximum absolute atomic E-state index is 12.2. The predicted molar refractivity (Wildman–Crippen MR) is 102 cm³/mol. The molecule has 0 aromatic heterocycles. The van der Waals surface area contributed by atoms with Gasteiger partial charge in [-0.3, -0.25) is 4.79 Å². The topological polar surface area (TPSA) is 63.6 Å². The molecule has 1 N–H and O–H groups in total. The number of aliphatic hydroxyl groups is 1. The number of aliphatic hydroxyl groups excluding tert-OH is 1. The summed E-state index contributed by atoms with van der Waals surface area (Å²) in [4.78, 5) is 23.9. The number of ketones is 1. The number of allylic oxidation sites excluding steroid dienone is 7. The number of rotatable bonds is 5. The molecule has 0 amide bonds. The van der Waals surface area contributed by atoms with Crippen LogP contribution in [0.5, 0.6) is 0 Å². The van der Waals surface area contributed by atoms with Crippen LogP contribution in [0.3, 0.4) is 0 Å². The summed E-state index contributed by atoms with van der Waals surface area (Å²) < 4.78 is 5.60. The highest BCUT2D eigenvalue weighted by molar-refractivity contribution is 6.04. The Hall–Kier alpha value is -2.36. The SMILES string of the molecule is CCC(C)C=C(C)C=CC(=O)OC1C=CC2=CC(=O)C(O)=CC2(C)C1C. The van der Waals surface area contributed by atoms with Crippen molar-refractivity contribution < 1.29 is 19.4 Å². The monoisotopic (exact) mass is 356 g/mol. The Morgan fingerprint density at radius 1 is 1.42 bits per heavy atom. The molecule has 0 heterocycles. The van der Waals surface area contributed by atoms with Gasteiger partial charge in [-0.2, -0.15) is 0 Å². The van der Waals surface area contributed by atoms with Crippen LogP contribution < -0.4 is 0 Å². The summed E-state index contributed by atoms with van der Waals surface area (Å²) in [7, 11) is 0. The van der Waals surface area contributed by atoms with Crippen LogP contribution in [-0.2, 0) is 14.3 Å². The number of hydrogen-bond donors (Lipinski definition) is 1. The summed E-state index contributed by atoms with van der Waals surface area (Å²) in [6.07, 6.45) is 12.6. The van der Waals surface area contributed by atoms with Crippen molar-refractivity contribution in [2.75, 3.05) is 0 Å². The Bertz CT molecular complexity index is 735. The van der Waals surface area contributed by atoms with Crippen LogP contribution in [0.4, 0.5) is 0 Å². The maximum atomic E-state index is 12.2. The van der Waals surface area contributed by atoms with Gasteiger partial charge in [0, 0.05) is 17.4 Å². The number of esters is 1. The number of fused-ring (bicyclic) bond motifs is 1. The van der Waals surface area contributed by atoms with Gasteiger partial charge in [0.1, 0.15) is 6.10 Å². The smallest absolute Gasteiger partial charge is 0.331 e. The molecule has 26 heavy (non-hydrogen) atoms. The van der Waals surface area contributed by atoms with Gasteiger partial charge < -0.3 is 9.84 Å². The van der Waals surface area contributed by atoms with Gasteiger partial charge in [0.15, 0.2) is 5.76 Å². The van der Waals surface area contributed by atoms with Crippen molar-refractivity contribution in [3.63, 3.8) is 0 Å². The van der Waals surface area contributed by atoms with Gasteiger partial charge >= 0.3 is 5.97 Å². The number of carbonyl (C=O) groups is 2. The maximum Gasteiger partial charge on any atom is 0.331 e. The quantitative estimate of drug-likeness (QED) is 0.444. The molecule has 4 atom stereocenters. The number of ether oxygens (including phenoxy) is 1. The van der Waals surface area contributed by atoms with Crippen LogP contribution in [0.25, 0.3) is 0 Å². The van der Waals surface area contributed by atoms with E-state index in [0.29, 0.717) is 5.92 Å². The lowest BCUT2D eigenvalue weighted by molar-refractivity contribution is -0.144. The van der Waals surface area contributed by atoms with E-state index in [9.17, 15) is 14.7 Å². The number of hydrogen-bond acceptors (Lipinski definition) is 4. The minimum atomic E-state index is -0.548. The Balaban J connectivity index is 2.10. The lowest BCUT2D eigenvalue weighted by atomic mass is 9.64. The molecule has 2 aliphatic rings. The zero-order chi connectivity index (χ0) is 19.5. The van der Waals surface area contributed by atoms with Crippen molar-refractivity contribution in [3.05, 3.63) is 59.4 Å². The van der Waals surface area contributed by atoms with Gasteiger partial charge in [0.25, 0.3) is 0 Å². The zero-order valence-electron chi connectivity index (χ0n) is 16.2. The summed E-state index contributed by atoms with van der Waals surface area (Å²) in [5.41, 5.74) is 1.30. The van der Waals surface area contributed by atoms with Gasteiger partial charge in [-0.25, -0.2) is 4.79 Å². The summed E-state index contributed by atoms with van der Waals surface area (Å²) in [6, 6.07) is 0. The third kappa shape index (κ3) is 4.24. The first-order valence-electron chi connectivity index (χ1n) is 9.11. The highest BCUT2D eigenvalue weighted by Crippen LogP contribution is 2.46. The van der Waals surface area contributed by atoms with Crippen molar-refractivity contribution in [1.29, 1.82) is 0 Å². The molecule has 4 heteroatoms. The zero-order valence-corrected chi connectivity index (χ0v) is 16.2. The van der Waals surface area contributed by atoms with Crippen LogP contribution in [0.2, 0.25) is 0 Å². The second-order valence-corrected chi connectivity index (χ2v) is 7.46. The van der Waals surface area contributed by atoms with Crippen LogP contribution in [0, 0.1) is 17.3 Å². The summed E-state index contributed by atoms with van der Waals surface area (Å²) >= 11 is 0. The van der Waals surface area contributed by atoms with E-state index < -0.39 is 23.3 Å². The minimum absolute atomic E-state index is 0.108. The average molecular weight is 356 g/mol. The molecule has 140 valence electrons. The molecular formula is C22H28O4. The molecule has 0 spiro atoms. The molecule has 4 nitrogen and oxygen atoms in total. The minimum Gasteiger partial charge on any atom is -0.504 e. The molecule has 2 rings (SSSR count). The Labute approximate surface area is 155 Å². The van der Waals surface area contributed by atoms with E-state index >= 15 is 0 Å². The van der Waals surface area contributed by atoms with Crippen molar-refractivity contribution in [1.82, 2.24) is 0 Å². The van der Waals surface area contributed by atoms with E-state index in [0.717, 1.165) is 17.6 Å². The molecule has 0 bridgehead atoms. The Morgan fingerprint density at radius 2 is 2.12 bits per heavy atom. The summed E-state index contributed by atoms with van der Waals surface area (Å²) in [5, 5.41) is 9.82. The first-order valence-corrected chi connectivity index (χ1v) is 9.11. The number of carbonyl (C=O) groups excluding carboxylic acids is 2. The molecule has 0 aliphatic heterocycles. The molecule has 0 aromatic rings. The van der Waals surface area contributed by atoms with Gasteiger partial charge in [-0.05, 0) is 36.6 Å². The molecule has 2 aliphatic carbocycles. The van der Waals surface area contributed by atoms with Crippen LogP contribution in [0.15, 0.2) is 59.4 Å². The normalized spacial score (nSPS) is 29.9. The molecule has 4 unspecified atom stereocenters. The third-order valence-electron chi connectivity index (χ3n) is 5.43. The standard InChI is InChI=1S/C22H28O4/c1-6-14(2)11-15(3)7-10-21(25)26-20-9-8-17-12-18(23)19(24)13-22(17,5)16(20)4/h7-14,16,20,24H,6H2,1-5H3. The molecule has 0 saturated carbocycles. The summed E-state index contributed by atoms with van der Waals surface area (Å²) in [5.74, 6) is -0.691. The molecule has 0 fully saturated rings. The summed E-state index contributed by atoms with van der Waals surface area (Å²) in [6.45, 7) is 10.1. The highest BCUT2D eigenvalue weighted by atomic mass is 16.5. The van der Waals surface area contributed by atoms with E-state index in [1.54, 1.807) is 24.3 Å². The average Bonchev–Trinajstić information content (AvgIpc) is 2.58. The van der Waals surface area contributed by atoms with E-state index in [2.05, 4.69) is 19.9 Å². The van der Waals surface area contributed by atoms with Crippen LogP contribution in [0.1, 0.15) is 41.0 Å². The third-order valence-corrected chi connectivity index (χ3v) is 5.43. The van der Waals surface area contributed by atoms with Gasteiger partial charge in [0.2, 0.25) is 5.78 Å². The Morgan fingerprint density at radius 3 is 2.77 bits per heavy atom. The van der Waals surface area contributed by atoms with Gasteiger partial charge in [0.05, 0.1) is 0 Å². The molecule has 0 saturated heterocycles. The first-order chi connectivity index (χ1) is 12.2. The fourth-order valence-corrected chi connectivity index (χ4v) is 3.27. The second-order valence-electron chi connectivity index (χ2n) is 7.46. The fraction of sp³-hybridized carbons (Fsp3) is 0.455. The van der Waals surface area contributed by atoms with E-state index in [1.807, 2.05) is 20.8 Å². The lowest BCUT2D eigenvalue weighted by Gasteiger charge is -2.42. The van der Waals surface area contributed by atoms with Crippen LogP contribution >= 0.6 is 0 Å². The van der Waals surface area contributed by atoms with E-state index in [-0.39, 0.29) is 11.7 Å². The first kappa shape index (κ1) is 20.0. The van der Waals surface area contributed by atoms with Gasteiger partial charge in [-0.1, -0.05) is 57.9 Å². The molecular weight excluding hydrogens is 328 g/mol.